The van der Waals surface area contributed by atoms with Gasteiger partial charge in [-0.25, -0.2) is 0 Å². The smallest absolute Gasteiger partial charge is 0.0368 e. The van der Waals surface area contributed by atoms with Crippen molar-refractivity contribution < 1.29 is 0 Å². The summed E-state index contributed by atoms with van der Waals surface area (Å²) in [6.45, 7) is 14.3. The Kier molecular flexibility index (Phi) is 2.94. The van der Waals surface area contributed by atoms with Crippen molar-refractivity contribution in [1.29, 1.82) is 0 Å². The quantitative estimate of drug-likeness (QED) is 0.523. The topological polar surface area (TPSA) is 0 Å². The van der Waals surface area contributed by atoms with Crippen LogP contribution >= 0.6 is 0 Å². The van der Waals surface area contributed by atoms with Gasteiger partial charge in [0.25, 0.3) is 0 Å². The molecule has 0 aliphatic carbocycles. The molecule has 0 aliphatic rings. The molecular formula is C8H20Si. The maximum atomic E-state index is 2.43. The maximum absolute atomic E-state index is 2.43. The Morgan fingerprint density at radius 2 is 1.44 bits per heavy atom. The number of rotatable bonds is 2. The lowest BCUT2D eigenvalue weighted by molar-refractivity contribution is 0.468. The van der Waals surface area contributed by atoms with E-state index >= 15 is 0 Å². The summed E-state index contributed by atoms with van der Waals surface area (Å²) in [4.78, 5) is 0. The van der Waals surface area contributed by atoms with E-state index in [0.29, 0.717) is 5.04 Å². The second kappa shape index (κ2) is 2.87. The normalized spacial score (nSPS) is 13.3. The predicted molar refractivity (Wildman–Crippen MR) is 47.8 cm³/mol. The zero-order valence-corrected chi connectivity index (χ0v) is 8.81. The molecule has 0 N–H and O–H groups in total. The van der Waals surface area contributed by atoms with Crippen molar-refractivity contribution in [3.63, 3.8) is 0 Å². The third-order valence-corrected chi connectivity index (χ3v) is 6.62. The van der Waals surface area contributed by atoms with E-state index in [0.717, 1.165) is 5.92 Å². The largest absolute Gasteiger partial charge is 0.0718 e. The van der Waals surface area contributed by atoms with Crippen LogP contribution in [0.5, 0.6) is 0 Å². The summed E-state index contributed by atoms with van der Waals surface area (Å²) < 4.78 is 0. The van der Waals surface area contributed by atoms with Gasteiger partial charge in [-0.3, -0.25) is 0 Å². The van der Waals surface area contributed by atoms with Crippen molar-refractivity contribution in [1.82, 2.24) is 0 Å². The van der Waals surface area contributed by atoms with E-state index in [2.05, 4.69) is 40.8 Å². The molecule has 9 heavy (non-hydrogen) atoms. The highest BCUT2D eigenvalue weighted by Gasteiger charge is 2.26. The third kappa shape index (κ3) is 2.13. The molecule has 0 rings (SSSR count). The van der Waals surface area contributed by atoms with E-state index in [1.807, 2.05) is 0 Å². The maximum Gasteiger partial charge on any atom is 0.0368 e. The minimum atomic E-state index is -0.438. The van der Waals surface area contributed by atoms with Gasteiger partial charge in [-0.15, -0.1) is 0 Å². The second-order valence-electron chi connectivity index (χ2n) is 4.13. The highest BCUT2D eigenvalue weighted by molar-refractivity contribution is 6.59. The Morgan fingerprint density at radius 1 is 1.11 bits per heavy atom. The molecule has 0 amide bonds. The van der Waals surface area contributed by atoms with E-state index in [1.54, 1.807) is 0 Å². The van der Waals surface area contributed by atoms with Gasteiger partial charge >= 0.3 is 0 Å². The monoisotopic (exact) mass is 144 g/mol. The highest BCUT2D eigenvalue weighted by Crippen LogP contribution is 2.36. The van der Waals surface area contributed by atoms with Crippen LogP contribution in [-0.4, -0.2) is 8.80 Å². The van der Waals surface area contributed by atoms with Crippen LogP contribution in [0.3, 0.4) is 0 Å². The molecule has 0 spiro atoms. The van der Waals surface area contributed by atoms with Crippen molar-refractivity contribution in [2.24, 2.45) is 5.92 Å². The second-order valence-corrected chi connectivity index (χ2v) is 7.93. The van der Waals surface area contributed by atoms with Crippen molar-refractivity contribution in [2.75, 3.05) is 0 Å². The van der Waals surface area contributed by atoms with Gasteiger partial charge < -0.3 is 0 Å². The standard InChI is InChI=1S/C8H20Si/c1-7(2)8(3,4)9(5)6/h7,9H,1-6H3. The molecular weight excluding hydrogens is 124 g/mol. The molecule has 0 fully saturated rings. The Morgan fingerprint density at radius 3 is 1.44 bits per heavy atom. The van der Waals surface area contributed by atoms with Gasteiger partial charge in [0.1, 0.15) is 0 Å². The fourth-order valence-corrected chi connectivity index (χ4v) is 2.00. The first-order chi connectivity index (χ1) is 3.89. The molecule has 0 nitrogen and oxygen atoms in total. The summed E-state index contributed by atoms with van der Waals surface area (Å²) in [7, 11) is -0.438. The van der Waals surface area contributed by atoms with Crippen molar-refractivity contribution in [3.05, 3.63) is 0 Å². The van der Waals surface area contributed by atoms with Gasteiger partial charge in [0, 0.05) is 8.80 Å². The lowest BCUT2D eigenvalue weighted by Crippen LogP contribution is -2.26. The van der Waals surface area contributed by atoms with Crippen LogP contribution in [0.15, 0.2) is 0 Å². The van der Waals surface area contributed by atoms with Gasteiger partial charge in [0.2, 0.25) is 0 Å². The summed E-state index contributed by atoms with van der Waals surface area (Å²) in [6, 6.07) is 0. The average molecular weight is 144 g/mol. The molecule has 0 atom stereocenters. The zero-order chi connectivity index (χ0) is 7.65. The van der Waals surface area contributed by atoms with Crippen LogP contribution in [-0.2, 0) is 0 Å². The van der Waals surface area contributed by atoms with Crippen molar-refractivity contribution in [3.8, 4) is 0 Å². The van der Waals surface area contributed by atoms with Crippen LogP contribution in [0.2, 0.25) is 18.1 Å². The summed E-state index contributed by atoms with van der Waals surface area (Å²) in [6.07, 6.45) is 0. The van der Waals surface area contributed by atoms with Gasteiger partial charge in [-0.2, -0.15) is 0 Å². The summed E-state index contributed by atoms with van der Waals surface area (Å²) >= 11 is 0. The van der Waals surface area contributed by atoms with Gasteiger partial charge in [0.15, 0.2) is 0 Å². The van der Waals surface area contributed by atoms with E-state index in [9.17, 15) is 0 Å². The molecule has 0 aromatic carbocycles. The molecule has 0 aromatic rings. The van der Waals surface area contributed by atoms with Crippen LogP contribution in [0.4, 0.5) is 0 Å². The van der Waals surface area contributed by atoms with Gasteiger partial charge in [0.05, 0.1) is 0 Å². The Labute approximate surface area is 61.3 Å². The molecule has 0 bridgehead atoms. The van der Waals surface area contributed by atoms with E-state index in [1.165, 1.54) is 0 Å². The molecule has 0 unspecified atom stereocenters. The lowest BCUT2D eigenvalue weighted by atomic mass is 9.99. The Hall–Kier alpha value is 0.217. The first-order valence-corrected chi connectivity index (χ1v) is 6.77. The summed E-state index contributed by atoms with van der Waals surface area (Å²) in [5.41, 5.74) is 0. The molecule has 1 heteroatoms. The number of hydrogen-bond acceptors (Lipinski definition) is 0. The van der Waals surface area contributed by atoms with Crippen molar-refractivity contribution in [2.45, 2.75) is 45.8 Å². The summed E-state index contributed by atoms with van der Waals surface area (Å²) in [5.74, 6) is 0.851. The number of hydrogen-bond donors (Lipinski definition) is 0. The fraction of sp³-hybridized carbons (Fsp3) is 1.00. The first-order valence-electron chi connectivity index (χ1n) is 3.89. The Bertz CT molecular complexity index is 72.6. The average Bonchev–Trinajstić information content (AvgIpc) is 1.65. The molecule has 0 saturated heterocycles. The predicted octanol–water partition coefficient (Wildman–Crippen LogP) is 2.91. The van der Waals surface area contributed by atoms with Crippen LogP contribution in [0, 0.1) is 5.92 Å². The lowest BCUT2D eigenvalue weighted by Gasteiger charge is -2.32. The Balaban J connectivity index is 4.01. The van der Waals surface area contributed by atoms with Gasteiger partial charge in [-0.05, 0) is 11.0 Å². The van der Waals surface area contributed by atoms with Crippen molar-refractivity contribution >= 4 is 8.80 Å². The highest BCUT2D eigenvalue weighted by atomic mass is 28.3. The zero-order valence-electron chi connectivity index (χ0n) is 7.65. The molecule has 0 radical (unpaired) electrons. The van der Waals surface area contributed by atoms with Gasteiger partial charge in [-0.1, -0.05) is 40.8 Å². The first kappa shape index (κ1) is 9.22. The van der Waals surface area contributed by atoms with Crippen LogP contribution < -0.4 is 0 Å². The fourth-order valence-electron chi connectivity index (χ4n) is 0.667. The van der Waals surface area contributed by atoms with E-state index < -0.39 is 8.80 Å². The molecule has 0 aromatic heterocycles. The summed E-state index contributed by atoms with van der Waals surface area (Å²) in [5, 5.41) is 0.639. The minimum Gasteiger partial charge on any atom is -0.0718 e. The van der Waals surface area contributed by atoms with Crippen LogP contribution in [0.25, 0.3) is 0 Å². The SMILES string of the molecule is CC(C)C(C)(C)[SiH](C)C. The third-order valence-electron chi connectivity index (χ3n) is 2.98. The molecule has 0 aliphatic heterocycles. The minimum absolute atomic E-state index is 0.438. The van der Waals surface area contributed by atoms with Crippen LogP contribution in [0.1, 0.15) is 27.7 Å². The van der Waals surface area contributed by atoms with E-state index in [-0.39, 0.29) is 0 Å². The molecule has 0 saturated carbocycles. The molecule has 56 valence electrons. The molecule has 0 heterocycles. The van der Waals surface area contributed by atoms with E-state index in [4.69, 9.17) is 0 Å².